The molecule has 0 spiro atoms. The summed E-state index contributed by atoms with van der Waals surface area (Å²) in [7, 11) is 1.57. The van der Waals surface area contributed by atoms with E-state index in [0.29, 0.717) is 24.2 Å². The van der Waals surface area contributed by atoms with E-state index in [-0.39, 0.29) is 0 Å². The zero-order valence-corrected chi connectivity index (χ0v) is 9.26. The first-order valence-electron chi connectivity index (χ1n) is 5.08. The number of rotatable bonds is 4. The lowest BCUT2D eigenvalue weighted by molar-refractivity contribution is 0.171. The molecule has 1 unspecified atom stereocenters. The van der Waals surface area contributed by atoms with Gasteiger partial charge < -0.3 is 16.6 Å². The van der Waals surface area contributed by atoms with Crippen LogP contribution in [0, 0.1) is 0 Å². The molecule has 1 rings (SSSR count). The van der Waals surface area contributed by atoms with Crippen LogP contribution >= 0.6 is 0 Å². The molecule has 1 aromatic rings. The Bertz CT molecular complexity index is 368. The average molecular weight is 223 g/mol. The molecule has 16 heavy (non-hydrogen) atoms. The molecule has 0 saturated heterocycles. The number of carbonyl (C=O) groups is 1. The lowest BCUT2D eigenvalue weighted by Crippen LogP contribution is -2.32. The van der Waals surface area contributed by atoms with Crippen molar-refractivity contribution in [2.45, 2.75) is 12.5 Å². The summed E-state index contributed by atoms with van der Waals surface area (Å²) in [5.41, 5.74) is 11.8. The van der Waals surface area contributed by atoms with Gasteiger partial charge in [-0.1, -0.05) is 18.2 Å². The van der Waals surface area contributed by atoms with Gasteiger partial charge in [-0.3, -0.25) is 4.90 Å². The van der Waals surface area contributed by atoms with E-state index in [2.05, 4.69) is 0 Å². The van der Waals surface area contributed by atoms with Gasteiger partial charge in [0.1, 0.15) is 0 Å². The number of nitrogens with two attached hydrogens (primary N) is 2. The van der Waals surface area contributed by atoms with Gasteiger partial charge in [0.25, 0.3) is 0 Å². The summed E-state index contributed by atoms with van der Waals surface area (Å²) in [6, 6.07) is 6.52. The highest BCUT2D eigenvalue weighted by molar-refractivity contribution is 5.90. The van der Waals surface area contributed by atoms with Crippen LogP contribution in [0.15, 0.2) is 24.3 Å². The average Bonchev–Trinajstić information content (AvgIpc) is 2.28. The normalized spacial score (nSPS) is 12.2. The van der Waals surface area contributed by atoms with Gasteiger partial charge in [0.15, 0.2) is 0 Å². The smallest absolute Gasteiger partial charge is 0.319 e. The number of amides is 2. The van der Waals surface area contributed by atoms with Crippen molar-refractivity contribution in [3.8, 4) is 0 Å². The summed E-state index contributed by atoms with van der Waals surface area (Å²) >= 11 is 0. The molecule has 5 N–H and O–H groups in total. The Labute approximate surface area is 94.7 Å². The van der Waals surface area contributed by atoms with Crippen molar-refractivity contribution >= 4 is 11.7 Å². The van der Waals surface area contributed by atoms with Gasteiger partial charge in [-0.25, -0.2) is 4.79 Å². The monoisotopic (exact) mass is 223 g/mol. The summed E-state index contributed by atoms with van der Waals surface area (Å²) in [4.78, 5) is 12.4. The number of aliphatic hydroxyl groups excluding tert-OH is 1. The highest BCUT2D eigenvalue weighted by Crippen LogP contribution is 2.26. The van der Waals surface area contributed by atoms with Crippen molar-refractivity contribution in [2.75, 3.05) is 18.5 Å². The van der Waals surface area contributed by atoms with Crippen molar-refractivity contribution in [3.63, 3.8) is 0 Å². The Morgan fingerprint density at radius 3 is 2.69 bits per heavy atom. The third-order valence-corrected chi connectivity index (χ3v) is 2.43. The molecular formula is C11H17N3O2. The van der Waals surface area contributed by atoms with Crippen molar-refractivity contribution in [2.24, 2.45) is 11.5 Å². The summed E-state index contributed by atoms with van der Waals surface area (Å²) in [5.74, 6) is 0. The molecule has 5 nitrogen and oxygen atoms in total. The van der Waals surface area contributed by atoms with E-state index in [4.69, 9.17) is 11.5 Å². The summed E-state index contributed by atoms with van der Waals surface area (Å²) in [6.07, 6.45) is -0.230. The minimum Gasteiger partial charge on any atom is -0.388 e. The van der Waals surface area contributed by atoms with E-state index in [1.807, 2.05) is 0 Å². The first-order chi connectivity index (χ1) is 7.57. The van der Waals surface area contributed by atoms with Gasteiger partial charge >= 0.3 is 6.03 Å². The Morgan fingerprint density at radius 2 is 2.12 bits per heavy atom. The van der Waals surface area contributed by atoms with E-state index in [1.165, 1.54) is 4.90 Å². The van der Waals surface area contributed by atoms with Gasteiger partial charge in [0.2, 0.25) is 0 Å². The number of primary amides is 1. The van der Waals surface area contributed by atoms with E-state index < -0.39 is 12.1 Å². The maximum Gasteiger partial charge on any atom is 0.319 e. The Kier molecular flexibility index (Phi) is 4.28. The van der Waals surface area contributed by atoms with Crippen molar-refractivity contribution in [3.05, 3.63) is 29.8 Å². The lowest BCUT2D eigenvalue weighted by atomic mass is 10.0. The zero-order chi connectivity index (χ0) is 12.1. The van der Waals surface area contributed by atoms with E-state index in [0.717, 1.165) is 0 Å². The highest BCUT2D eigenvalue weighted by Gasteiger charge is 2.16. The second-order valence-corrected chi connectivity index (χ2v) is 3.55. The van der Waals surface area contributed by atoms with Gasteiger partial charge in [0.05, 0.1) is 11.8 Å². The van der Waals surface area contributed by atoms with E-state index in [9.17, 15) is 9.90 Å². The maximum atomic E-state index is 11.1. The number of nitrogens with zero attached hydrogens (tertiary/aromatic N) is 1. The number of para-hydroxylation sites is 1. The quantitative estimate of drug-likeness (QED) is 0.697. The van der Waals surface area contributed by atoms with Crippen LogP contribution in [0.2, 0.25) is 0 Å². The second-order valence-electron chi connectivity index (χ2n) is 3.55. The summed E-state index contributed by atoms with van der Waals surface area (Å²) < 4.78 is 0. The van der Waals surface area contributed by atoms with Crippen LogP contribution in [0.25, 0.3) is 0 Å². The third-order valence-electron chi connectivity index (χ3n) is 2.43. The Hall–Kier alpha value is -1.59. The predicted molar refractivity (Wildman–Crippen MR) is 63.1 cm³/mol. The van der Waals surface area contributed by atoms with E-state index in [1.54, 1.807) is 31.3 Å². The molecule has 1 aromatic carbocycles. The van der Waals surface area contributed by atoms with Gasteiger partial charge in [0, 0.05) is 12.6 Å². The molecule has 0 heterocycles. The van der Waals surface area contributed by atoms with Crippen LogP contribution in [-0.2, 0) is 0 Å². The van der Waals surface area contributed by atoms with Crippen molar-refractivity contribution < 1.29 is 9.90 Å². The minimum atomic E-state index is -0.678. The minimum absolute atomic E-state index is 0.385. The van der Waals surface area contributed by atoms with E-state index >= 15 is 0 Å². The van der Waals surface area contributed by atoms with Crippen molar-refractivity contribution in [1.82, 2.24) is 0 Å². The first-order valence-corrected chi connectivity index (χ1v) is 5.08. The Balaban J connectivity index is 3.04. The molecule has 2 amide bonds. The topological polar surface area (TPSA) is 92.6 Å². The van der Waals surface area contributed by atoms with Crippen molar-refractivity contribution in [1.29, 1.82) is 0 Å². The molecular weight excluding hydrogens is 206 g/mol. The molecule has 0 saturated carbocycles. The lowest BCUT2D eigenvalue weighted by Gasteiger charge is -2.21. The fraction of sp³-hybridized carbons (Fsp3) is 0.364. The SMILES string of the molecule is CN(C(N)=O)c1ccccc1C(O)CCN. The maximum absolute atomic E-state index is 11.1. The molecule has 0 aromatic heterocycles. The second kappa shape index (κ2) is 5.48. The van der Waals surface area contributed by atoms with Crippen LogP contribution in [0.5, 0.6) is 0 Å². The number of benzene rings is 1. The van der Waals surface area contributed by atoms with Crippen LogP contribution in [-0.4, -0.2) is 24.7 Å². The largest absolute Gasteiger partial charge is 0.388 e. The predicted octanol–water partition coefficient (Wildman–Crippen LogP) is 0.584. The highest BCUT2D eigenvalue weighted by atomic mass is 16.3. The number of carbonyl (C=O) groups excluding carboxylic acids is 1. The molecule has 88 valence electrons. The molecule has 1 atom stereocenters. The van der Waals surface area contributed by atoms with Gasteiger partial charge in [-0.2, -0.15) is 0 Å². The fourth-order valence-electron chi connectivity index (χ4n) is 1.51. The zero-order valence-electron chi connectivity index (χ0n) is 9.26. The summed E-state index contributed by atoms with van der Waals surface area (Å²) in [6.45, 7) is 0.385. The molecule has 0 bridgehead atoms. The number of hydrogen-bond acceptors (Lipinski definition) is 3. The molecule has 5 heteroatoms. The molecule has 0 radical (unpaired) electrons. The molecule has 0 aliphatic heterocycles. The summed E-state index contributed by atoms with van der Waals surface area (Å²) in [5, 5.41) is 9.87. The van der Waals surface area contributed by atoms with Crippen LogP contribution in [0.1, 0.15) is 18.1 Å². The van der Waals surface area contributed by atoms with Gasteiger partial charge in [-0.05, 0) is 19.0 Å². The van der Waals surface area contributed by atoms with Crippen LogP contribution in [0.3, 0.4) is 0 Å². The molecule has 0 fully saturated rings. The van der Waals surface area contributed by atoms with Crippen LogP contribution < -0.4 is 16.4 Å². The standard InChI is InChI=1S/C11H17N3O2/c1-14(11(13)16)9-5-3-2-4-8(9)10(15)6-7-12/h2-5,10,15H,6-7,12H2,1H3,(H2,13,16). The van der Waals surface area contributed by atoms with Crippen LogP contribution in [0.4, 0.5) is 10.5 Å². The van der Waals surface area contributed by atoms with Gasteiger partial charge in [-0.15, -0.1) is 0 Å². The molecule has 0 aliphatic carbocycles. The number of anilines is 1. The number of aliphatic hydroxyl groups is 1. The first kappa shape index (κ1) is 12.5. The third kappa shape index (κ3) is 2.71. The Morgan fingerprint density at radius 1 is 1.50 bits per heavy atom. The number of hydrogen-bond donors (Lipinski definition) is 3. The number of urea groups is 1. The fourth-order valence-corrected chi connectivity index (χ4v) is 1.51. The molecule has 0 aliphatic rings.